The topological polar surface area (TPSA) is 119 Å². The largest absolute Gasteiger partial charge is 0.394 e. The maximum absolute atomic E-state index is 9.00. The van der Waals surface area contributed by atoms with Gasteiger partial charge in [-0.2, -0.15) is 9.97 Å². The molecular formula is C10H14ClN5O3. The van der Waals surface area contributed by atoms with Gasteiger partial charge in [0.05, 0.1) is 19.5 Å². The third-order valence-corrected chi connectivity index (χ3v) is 2.85. The first-order chi connectivity index (χ1) is 9.06. The smallest absolute Gasteiger partial charge is 0.223 e. The van der Waals surface area contributed by atoms with Crippen LogP contribution in [0.15, 0.2) is 6.33 Å². The quantitative estimate of drug-likeness (QED) is 0.660. The summed E-state index contributed by atoms with van der Waals surface area (Å²) in [5, 5.41) is 18.2. The Morgan fingerprint density at radius 1 is 1.42 bits per heavy atom. The van der Waals surface area contributed by atoms with E-state index in [2.05, 4.69) is 15.0 Å². The van der Waals surface area contributed by atoms with E-state index >= 15 is 0 Å². The van der Waals surface area contributed by atoms with Crippen molar-refractivity contribution in [2.75, 3.05) is 18.9 Å². The Labute approximate surface area is 113 Å². The van der Waals surface area contributed by atoms with Gasteiger partial charge in [0.25, 0.3) is 0 Å². The van der Waals surface area contributed by atoms with Crippen molar-refractivity contribution in [3.63, 3.8) is 0 Å². The molecule has 1 unspecified atom stereocenters. The number of nitrogen functional groups attached to an aromatic ring is 1. The number of nitrogens with zero attached hydrogens (tertiary/aromatic N) is 4. The van der Waals surface area contributed by atoms with E-state index in [-0.39, 0.29) is 24.3 Å². The summed E-state index contributed by atoms with van der Waals surface area (Å²) in [5.74, 6) is 0.0346. The molecule has 9 heteroatoms. The fraction of sp³-hybridized carbons (Fsp3) is 0.500. The van der Waals surface area contributed by atoms with Crippen LogP contribution in [0, 0.1) is 0 Å². The Bertz CT molecular complexity index is 572. The highest BCUT2D eigenvalue weighted by atomic mass is 35.5. The van der Waals surface area contributed by atoms with Crippen molar-refractivity contribution in [2.45, 2.75) is 19.3 Å². The molecule has 0 amide bonds. The fourth-order valence-corrected chi connectivity index (χ4v) is 1.87. The molecule has 0 aliphatic heterocycles. The molecular weight excluding hydrogens is 274 g/mol. The number of hydrogen-bond acceptors (Lipinski definition) is 7. The van der Waals surface area contributed by atoms with Crippen molar-refractivity contribution >= 4 is 28.7 Å². The summed E-state index contributed by atoms with van der Waals surface area (Å²) in [7, 11) is 0. The van der Waals surface area contributed by atoms with Crippen LogP contribution in [-0.2, 0) is 4.74 Å². The molecule has 0 aliphatic carbocycles. The SMILES string of the molecule is CC(OC(CO)CO)n1cnc2c(Cl)nc(N)nc21. The van der Waals surface area contributed by atoms with E-state index in [1.807, 2.05) is 0 Å². The number of ether oxygens (including phenoxy) is 1. The Morgan fingerprint density at radius 3 is 2.74 bits per heavy atom. The van der Waals surface area contributed by atoms with Gasteiger partial charge in [-0.25, -0.2) is 4.98 Å². The van der Waals surface area contributed by atoms with E-state index in [9.17, 15) is 0 Å². The van der Waals surface area contributed by atoms with Crippen LogP contribution in [0.1, 0.15) is 13.2 Å². The number of hydrogen-bond donors (Lipinski definition) is 3. The van der Waals surface area contributed by atoms with Crippen LogP contribution < -0.4 is 5.73 Å². The summed E-state index contributed by atoms with van der Waals surface area (Å²) in [6.45, 7) is 1.16. The molecule has 0 fully saturated rings. The average molecular weight is 288 g/mol. The number of halogens is 1. The Kier molecular flexibility index (Phi) is 4.15. The number of nitrogens with two attached hydrogens (primary N) is 1. The van der Waals surface area contributed by atoms with Gasteiger partial charge in [0, 0.05) is 0 Å². The first-order valence-corrected chi connectivity index (χ1v) is 5.97. The molecule has 2 heterocycles. The van der Waals surface area contributed by atoms with Gasteiger partial charge in [0.1, 0.15) is 17.8 Å². The summed E-state index contributed by atoms with van der Waals surface area (Å²) in [6.07, 6.45) is 0.308. The van der Waals surface area contributed by atoms with Gasteiger partial charge >= 0.3 is 0 Å². The zero-order chi connectivity index (χ0) is 14.0. The lowest BCUT2D eigenvalue weighted by Crippen LogP contribution is -2.25. The number of imidazole rings is 1. The minimum absolute atomic E-state index is 0.0346. The molecule has 0 radical (unpaired) electrons. The lowest BCUT2D eigenvalue weighted by molar-refractivity contribution is -0.0840. The molecule has 8 nitrogen and oxygen atoms in total. The summed E-state index contributed by atoms with van der Waals surface area (Å²) in [6, 6.07) is 0. The average Bonchev–Trinajstić information content (AvgIpc) is 2.79. The van der Waals surface area contributed by atoms with Gasteiger partial charge in [-0.1, -0.05) is 11.6 Å². The highest BCUT2D eigenvalue weighted by Crippen LogP contribution is 2.23. The van der Waals surface area contributed by atoms with Crippen LogP contribution in [0.3, 0.4) is 0 Å². The normalized spacial score (nSPS) is 13.3. The van der Waals surface area contributed by atoms with Crippen molar-refractivity contribution < 1.29 is 14.9 Å². The zero-order valence-electron chi connectivity index (χ0n) is 10.2. The van der Waals surface area contributed by atoms with Crippen molar-refractivity contribution in [1.82, 2.24) is 19.5 Å². The van der Waals surface area contributed by atoms with E-state index in [0.717, 1.165) is 0 Å². The second kappa shape index (κ2) is 5.66. The van der Waals surface area contributed by atoms with Crippen LogP contribution in [0.2, 0.25) is 5.15 Å². The molecule has 0 saturated heterocycles. The molecule has 0 bridgehead atoms. The third kappa shape index (κ3) is 2.76. The van der Waals surface area contributed by atoms with Gasteiger partial charge in [0.15, 0.2) is 10.8 Å². The Balaban J connectivity index is 2.34. The van der Waals surface area contributed by atoms with Crippen molar-refractivity contribution in [3.8, 4) is 0 Å². The van der Waals surface area contributed by atoms with Gasteiger partial charge in [-0.05, 0) is 6.92 Å². The summed E-state index contributed by atoms with van der Waals surface area (Å²) in [4.78, 5) is 11.9. The van der Waals surface area contributed by atoms with Crippen LogP contribution >= 0.6 is 11.6 Å². The minimum Gasteiger partial charge on any atom is -0.394 e. The molecule has 1 atom stereocenters. The van der Waals surface area contributed by atoms with Gasteiger partial charge in [0.2, 0.25) is 5.95 Å². The van der Waals surface area contributed by atoms with Crippen LogP contribution in [0.4, 0.5) is 5.95 Å². The second-order valence-electron chi connectivity index (χ2n) is 3.92. The maximum Gasteiger partial charge on any atom is 0.223 e. The zero-order valence-corrected chi connectivity index (χ0v) is 10.9. The van der Waals surface area contributed by atoms with Crippen molar-refractivity contribution in [1.29, 1.82) is 0 Å². The lowest BCUT2D eigenvalue weighted by atomic mass is 10.4. The van der Waals surface area contributed by atoms with Crippen molar-refractivity contribution in [3.05, 3.63) is 11.5 Å². The number of fused-ring (bicyclic) bond motifs is 1. The molecule has 2 aromatic heterocycles. The monoisotopic (exact) mass is 287 g/mol. The predicted molar refractivity (Wildman–Crippen MR) is 68.5 cm³/mol. The Hall–Kier alpha value is -1.48. The van der Waals surface area contributed by atoms with E-state index in [0.29, 0.717) is 11.2 Å². The number of aliphatic hydroxyl groups excluding tert-OH is 2. The molecule has 0 aromatic carbocycles. The number of aromatic nitrogens is 4. The first-order valence-electron chi connectivity index (χ1n) is 5.59. The van der Waals surface area contributed by atoms with Crippen LogP contribution in [0.5, 0.6) is 0 Å². The van der Waals surface area contributed by atoms with Crippen LogP contribution in [-0.4, -0.2) is 49.0 Å². The molecule has 4 N–H and O–H groups in total. The summed E-state index contributed by atoms with van der Waals surface area (Å²) >= 11 is 5.91. The molecule has 104 valence electrons. The minimum atomic E-state index is -0.679. The van der Waals surface area contributed by atoms with E-state index in [1.54, 1.807) is 11.5 Å². The predicted octanol–water partition coefficient (Wildman–Crippen LogP) is -0.0498. The van der Waals surface area contributed by atoms with Crippen molar-refractivity contribution in [2.24, 2.45) is 0 Å². The molecule has 0 saturated carbocycles. The molecule has 19 heavy (non-hydrogen) atoms. The molecule has 0 spiro atoms. The fourth-order valence-electron chi connectivity index (χ4n) is 1.65. The third-order valence-electron chi connectivity index (χ3n) is 2.58. The molecule has 2 rings (SSSR count). The van der Waals surface area contributed by atoms with Crippen LogP contribution in [0.25, 0.3) is 11.2 Å². The first kappa shape index (κ1) is 13.9. The lowest BCUT2D eigenvalue weighted by Gasteiger charge is -2.20. The maximum atomic E-state index is 9.00. The molecule has 0 aliphatic rings. The van der Waals surface area contributed by atoms with Gasteiger partial charge in [-0.3, -0.25) is 4.57 Å². The van der Waals surface area contributed by atoms with Gasteiger partial charge in [-0.15, -0.1) is 0 Å². The Morgan fingerprint density at radius 2 is 2.11 bits per heavy atom. The summed E-state index contributed by atoms with van der Waals surface area (Å²) < 4.78 is 7.05. The summed E-state index contributed by atoms with van der Waals surface area (Å²) in [5.41, 5.74) is 6.38. The highest BCUT2D eigenvalue weighted by molar-refractivity contribution is 6.33. The number of rotatable bonds is 5. The highest BCUT2D eigenvalue weighted by Gasteiger charge is 2.17. The number of anilines is 1. The van der Waals surface area contributed by atoms with E-state index in [4.69, 9.17) is 32.3 Å². The van der Waals surface area contributed by atoms with Gasteiger partial charge < -0.3 is 20.7 Å². The standard InChI is InChI=1S/C10H14ClN5O3/c1-5(19-6(2-17)3-18)16-4-13-7-8(11)14-10(12)15-9(7)16/h4-6,17-18H,2-3H2,1H3,(H2,12,14,15). The second-order valence-corrected chi connectivity index (χ2v) is 4.28. The molecule has 2 aromatic rings. The number of aliphatic hydroxyl groups is 2. The van der Waals surface area contributed by atoms with E-state index < -0.39 is 12.3 Å². The van der Waals surface area contributed by atoms with E-state index in [1.165, 1.54) is 6.33 Å².